The molecule has 2 aromatic rings. The smallest absolute Gasteiger partial charge is 0.242 e. The fraction of sp³-hybridized carbons (Fsp3) is 0.348. The zero-order valence-corrected chi connectivity index (χ0v) is 17.4. The molecule has 158 valence electrons. The van der Waals surface area contributed by atoms with Crippen LogP contribution in [0.25, 0.3) is 0 Å². The average Bonchev–Trinajstić information content (AvgIpc) is 3.29. The lowest BCUT2D eigenvalue weighted by Gasteiger charge is -2.31. The predicted octanol–water partition coefficient (Wildman–Crippen LogP) is 2.62. The SMILES string of the molecule is C=CCN1C(=O)C2NNC(c3cc(C)ccc3O)C2C1c1ccc(OC)c(OC)c1. The van der Waals surface area contributed by atoms with Gasteiger partial charge >= 0.3 is 0 Å². The van der Waals surface area contributed by atoms with E-state index >= 15 is 0 Å². The highest BCUT2D eigenvalue weighted by atomic mass is 16.5. The molecule has 0 aromatic heterocycles. The van der Waals surface area contributed by atoms with Crippen LogP contribution in [0.5, 0.6) is 17.2 Å². The minimum atomic E-state index is -0.409. The van der Waals surface area contributed by atoms with Gasteiger partial charge in [-0.1, -0.05) is 29.8 Å². The molecule has 30 heavy (non-hydrogen) atoms. The lowest BCUT2D eigenvalue weighted by atomic mass is 9.82. The number of phenolic OH excluding ortho intramolecular Hbond substituents is 1. The molecule has 2 aliphatic heterocycles. The molecule has 2 fully saturated rings. The van der Waals surface area contributed by atoms with Crippen LogP contribution >= 0.6 is 0 Å². The van der Waals surface area contributed by atoms with Gasteiger partial charge in [-0.3, -0.25) is 4.79 Å². The average molecular weight is 409 g/mol. The monoisotopic (exact) mass is 409 g/mol. The number of aromatic hydroxyl groups is 1. The summed E-state index contributed by atoms with van der Waals surface area (Å²) in [6, 6.07) is 10.4. The van der Waals surface area contributed by atoms with Gasteiger partial charge in [0.25, 0.3) is 0 Å². The number of likely N-dealkylation sites (tertiary alicyclic amines) is 1. The summed E-state index contributed by atoms with van der Waals surface area (Å²) in [5.41, 5.74) is 9.17. The molecule has 1 amide bonds. The lowest BCUT2D eigenvalue weighted by Crippen LogP contribution is -2.41. The summed E-state index contributed by atoms with van der Waals surface area (Å²) < 4.78 is 10.9. The van der Waals surface area contributed by atoms with E-state index in [2.05, 4.69) is 17.4 Å². The number of hydrogen-bond acceptors (Lipinski definition) is 6. The number of benzene rings is 2. The molecule has 4 atom stereocenters. The van der Waals surface area contributed by atoms with Gasteiger partial charge in [-0.25, -0.2) is 10.9 Å². The second-order valence-corrected chi connectivity index (χ2v) is 7.72. The summed E-state index contributed by atoms with van der Waals surface area (Å²) in [7, 11) is 3.19. The first kappa shape index (κ1) is 20.3. The third kappa shape index (κ3) is 3.20. The maximum absolute atomic E-state index is 13.2. The fourth-order valence-electron chi connectivity index (χ4n) is 4.67. The Kier molecular flexibility index (Phi) is 5.40. The first-order valence-corrected chi connectivity index (χ1v) is 9.94. The number of nitrogens with zero attached hydrogens (tertiary/aromatic N) is 1. The Balaban J connectivity index is 1.82. The molecule has 0 bridgehead atoms. The van der Waals surface area contributed by atoms with Gasteiger partial charge in [0.05, 0.1) is 26.3 Å². The maximum Gasteiger partial charge on any atom is 0.242 e. The zero-order chi connectivity index (χ0) is 21.4. The van der Waals surface area contributed by atoms with E-state index in [1.165, 1.54) is 0 Å². The summed E-state index contributed by atoms with van der Waals surface area (Å²) in [5, 5.41) is 10.5. The second kappa shape index (κ2) is 8.01. The van der Waals surface area contributed by atoms with Crippen LogP contribution in [-0.2, 0) is 4.79 Å². The van der Waals surface area contributed by atoms with Crippen molar-refractivity contribution in [3.05, 3.63) is 65.7 Å². The van der Waals surface area contributed by atoms with Crippen molar-refractivity contribution in [3.63, 3.8) is 0 Å². The number of carbonyl (C=O) groups is 1. The van der Waals surface area contributed by atoms with Crippen molar-refractivity contribution in [2.24, 2.45) is 5.92 Å². The van der Waals surface area contributed by atoms with Crippen molar-refractivity contribution in [3.8, 4) is 17.2 Å². The van der Waals surface area contributed by atoms with Crippen molar-refractivity contribution in [2.75, 3.05) is 20.8 Å². The summed E-state index contributed by atoms with van der Waals surface area (Å²) in [6.07, 6.45) is 1.74. The number of methoxy groups -OCH3 is 2. The predicted molar refractivity (Wildman–Crippen MR) is 113 cm³/mol. The Morgan fingerprint density at radius 1 is 1.10 bits per heavy atom. The highest BCUT2D eigenvalue weighted by Crippen LogP contribution is 2.49. The maximum atomic E-state index is 13.2. The number of amides is 1. The van der Waals surface area contributed by atoms with Crippen LogP contribution in [-0.4, -0.2) is 42.7 Å². The summed E-state index contributed by atoms with van der Waals surface area (Å²) in [6.45, 7) is 6.24. The number of hydrazine groups is 1. The Bertz CT molecular complexity index is 977. The van der Waals surface area contributed by atoms with Gasteiger partial charge in [-0.05, 0) is 30.7 Å². The van der Waals surface area contributed by atoms with Gasteiger partial charge in [-0.15, -0.1) is 6.58 Å². The van der Waals surface area contributed by atoms with Crippen molar-refractivity contribution in [1.29, 1.82) is 0 Å². The van der Waals surface area contributed by atoms with E-state index in [-0.39, 0.29) is 29.7 Å². The number of aryl methyl sites for hydroxylation is 1. The zero-order valence-electron chi connectivity index (χ0n) is 17.4. The Morgan fingerprint density at radius 2 is 1.83 bits per heavy atom. The van der Waals surface area contributed by atoms with E-state index in [0.29, 0.717) is 18.0 Å². The molecule has 0 aliphatic carbocycles. The molecule has 2 aromatic carbocycles. The van der Waals surface area contributed by atoms with Crippen LogP contribution in [0.3, 0.4) is 0 Å². The van der Waals surface area contributed by atoms with Crippen LogP contribution < -0.4 is 20.3 Å². The molecule has 0 spiro atoms. The first-order chi connectivity index (χ1) is 14.5. The van der Waals surface area contributed by atoms with Crippen molar-refractivity contribution < 1.29 is 19.4 Å². The van der Waals surface area contributed by atoms with Crippen LogP contribution in [0.2, 0.25) is 0 Å². The lowest BCUT2D eigenvalue weighted by molar-refractivity contribution is -0.130. The molecule has 0 radical (unpaired) electrons. The second-order valence-electron chi connectivity index (χ2n) is 7.72. The van der Waals surface area contributed by atoms with Crippen LogP contribution in [0.15, 0.2) is 49.1 Å². The number of rotatable bonds is 6. The molecule has 2 saturated heterocycles. The summed E-state index contributed by atoms with van der Waals surface area (Å²) in [5.74, 6) is 1.32. The molecule has 3 N–H and O–H groups in total. The highest BCUT2D eigenvalue weighted by molar-refractivity contribution is 5.86. The third-order valence-corrected chi connectivity index (χ3v) is 6.01. The molecule has 2 aliphatic rings. The van der Waals surface area contributed by atoms with Gasteiger partial charge < -0.3 is 19.5 Å². The van der Waals surface area contributed by atoms with Gasteiger partial charge in [0.2, 0.25) is 5.91 Å². The molecule has 4 unspecified atom stereocenters. The van der Waals surface area contributed by atoms with Gasteiger partial charge in [0, 0.05) is 18.0 Å². The minimum absolute atomic E-state index is 0.00169. The number of phenols is 1. The van der Waals surface area contributed by atoms with Crippen molar-refractivity contribution >= 4 is 5.91 Å². The van der Waals surface area contributed by atoms with E-state index in [1.54, 1.807) is 26.4 Å². The number of nitrogens with one attached hydrogen (secondary N) is 2. The normalized spacial score (nSPS) is 25.3. The largest absolute Gasteiger partial charge is 0.508 e. The summed E-state index contributed by atoms with van der Waals surface area (Å²) >= 11 is 0. The standard InChI is InChI=1S/C23H27N3O4/c1-5-10-26-22(14-7-9-17(29-3)18(12-14)30-4)19-20(24-25-21(19)23(26)28)15-11-13(2)6-8-16(15)27/h5-9,11-12,19-22,24-25,27H,1,10H2,2-4H3. The van der Waals surface area contributed by atoms with Gasteiger partial charge in [0.1, 0.15) is 11.8 Å². The van der Waals surface area contributed by atoms with Gasteiger partial charge in [-0.2, -0.15) is 0 Å². The molecule has 2 heterocycles. The topological polar surface area (TPSA) is 83.1 Å². The molecule has 7 nitrogen and oxygen atoms in total. The molecule has 7 heteroatoms. The Hall–Kier alpha value is -3.03. The van der Waals surface area contributed by atoms with E-state index < -0.39 is 6.04 Å². The van der Waals surface area contributed by atoms with Crippen LogP contribution in [0.4, 0.5) is 0 Å². The van der Waals surface area contributed by atoms with Crippen LogP contribution in [0.1, 0.15) is 28.8 Å². The minimum Gasteiger partial charge on any atom is -0.508 e. The van der Waals surface area contributed by atoms with E-state index in [1.807, 2.05) is 42.2 Å². The third-order valence-electron chi connectivity index (χ3n) is 6.01. The number of hydrogen-bond donors (Lipinski definition) is 3. The van der Waals surface area contributed by atoms with E-state index in [4.69, 9.17) is 9.47 Å². The Labute approximate surface area is 176 Å². The summed E-state index contributed by atoms with van der Waals surface area (Å²) in [4.78, 5) is 15.1. The van der Waals surface area contributed by atoms with E-state index in [0.717, 1.165) is 16.7 Å². The number of ether oxygens (including phenoxy) is 2. The molecule has 0 saturated carbocycles. The molecule has 4 rings (SSSR count). The Morgan fingerprint density at radius 3 is 2.53 bits per heavy atom. The van der Waals surface area contributed by atoms with Gasteiger partial charge in [0.15, 0.2) is 11.5 Å². The first-order valence-electron chi connectivity index (χ1n) is 9.94. The van der Waals surface area contributed by atoms with Crippen LogP contribution in [0, 0.1) is 12.8 Å². The number of fused-ring (bicyclic) bond motifs is 1. The molecular formula is C23H27N3O4. The van der Waals surface area contributed by atoms with Crippen molar-refractivity contribution in [1.82, 2.24) is 15.8 Å². The van der Waals surface area contributed by atoms with Crippen molar-refractivity contribution in [2.45, 2.75) is 25.0 Å². The highest BCUT2D eigenvalue weighted by Gasteiger charge is 2.55. The fourth-order valence-corrected chi connectivity index (χ4v) is 4.67. The van der Waals surface area contributed by atoms with E-state index in [9.17, 15) is 9.90 Å². The molecular weight excluding hydrogens is 382 g/mol. The quantitative estimate of drug-likeness (QED) is 0.637. The number of carbonyl (C=O) groups excluding carboxylic acids is 1.